The zero-order valence-corrected chi connectivity index (χ0v) is 14.5. The first kappa shape index (κ1) is 19.1. The fourth-order valence-corrected chi connectivity index (χ4v) is 2.12. The van der Waals surface area contributed by atoms with E-state index in [1.807, 2.05) is 0 Å². The maximum Gasteiger partial charge on any atom is 0.275 e. The van der Waals surface area contributed by atoms with Gasteiger partial charge in [-0.2, -0.15) is 5.10 Å². The Labute approximate surface area is 154 Å². The van der Waals surface area contributed by atoms with E-state index in [9.17, 15) is 14.7 Å². The number of nitrogens with zero attached hydrogens (tertiary/aromatic N) is 1. The maximum absolute atomic E-state index is 12.0. The van der Waals surface area contributed by atoms with Crippen LogP contribution in [0.5, 0.6) is 17.2 Å². The fraction of sp³-hybridized carbons (Fsp3) is 0.118. The van der Waals surface area contributed by atoms with Gasteiger partial charge in [0.15, 0.2) is 18.1 Å². The summed E-state index contributed by atoms with van der Waals surface area (Å²) in [6.45, 7) is -0.275. The Morgan fingerprint density at radius 2 is 2.04 bits per heavy atom. The second-order valence-corrected chi connectivity index (χ2v) is 5.46. The number of carbonyl (C=O) groups excluding carboxylic acids is 2. The van der Waals surface area contributed by atoms with E-state index in [1.165, 1.54) is 31.5 Å². The van der Waals surface area contributed by atoms with Gasteiger partial charge in [-0.15, -0.1) is 0 Å². The van der Waals surface area contributed by atoms with Gasteiger partial charge < -0.3 is 20.3 Å². The van der Waals surface area contributed by atoms with Crippen LogP contribution >= 0.6 is 11.6 Å². The monoisotopic (exact) mass is 377 g/mol. The van der Waals surface area contributed by atoms with E-state index in [0.29, 0.717) is 22.1 Å². The summed E-state index contributed by atoms with van der Waals surface area (Å²) < 4.78 is 10.4. The highest BCUT2D eigenvalue weighted by Gasteiger charge is 2.11. The number of hydrazone groups is 1. The number of nitrogens with two attached hydrogens (primary N) is 1. The molecule has 4 N–H and O–H groups in total. The number of hydrogen-bond acceptors (Lipinski definition) is 6. The van der Waals surface area contributed by atoms with E-state index in [4.69, 9.17) is 26.8 Å². The van der Waals surface area contributed by atoms with Crippen molar-refractivity contribution in [1.29, 1.82) is 0 Å². The molecule has 0 radical (unpaired) electrons. The molecule has 0 aliphatic heterocycles. The lowest BCUT2D eigenvalue weighted by Crippen LogP contribution is -2.20. The van der Waals surface area contributed by atoms with Crippen LogP contribution in [0.4, 0.5) is 0 Å². The molecule has 0 spiro atoms. The van der Waals surface area contributed by atoms with Crippen molar-refractivity contribution in [3.8, 4) is 17.2 Å². The molecule has 0 unspecified atom stereocenters. The van der Waals surface area contributed by atoms with Crippen molar-refractivity contribution < 1.29 is 24.2 Å². The van der Waals surface area contributed by atoms with Crippen molar-refractivity contribution >= 4 is 29.6 Å². The molecule has 0 heterocycles. The van der Waals surface area contributed by atoms with Crippen LogP contribution in [0.3, 0.4) is 0 Å². The highest BCUT2D eigenvalue weighted by atomic mass is 35.5. The lowest BCUT2D eigenvalue weighted by atomic mass is 10.2. The molecule has 0 fully saturated rings. The molecule has 2 amide bonds. The topological polar surface area (TPSA) is 123 Å². The van der Waals surface area contributed by atoms with Crippen molar-refractivity contribution in [2.75, 3.05) is 13.7 Å². The zero-order valence-electron chi connectivity index (χ0n) is 13.7. The lowest BCUT2D eigenvalue weighted by Gasteiger charge is -2.09. The molecule has 2 rings (SSSR count). The first-order valence-corrected chi connectivity index (χ1v) is 7.69. The molecule has 26 heavy (non-hydrogen) atoms. The molecule has 2 aromatic rings. The van der Waals surface area contributed by atoms with Gasteiger partial charge in [0.1, 0.15) is 5.75 Å². The molecule has 0 atom stereocenters. The number of ether oxygens (including phenoxy) is 2. The number of methoxy groups -OCH3 is 1. The summed E-state index contributed by atoms with van der Waals surface area (Å²) in [5.41, 5.74) is 7.92. The predicted octanol–water partition coefficient (Wildman–Crippen LogP) is 1.68. The van der Waals surface area contributed by atoms with Crippen molar-refractivity contribution in [3.05, 3.63) is 52.5 Å². The summed E-state index contributed by atoms with van der Waals surface area (Å²) in [5.74, 6) is -0.718. The number of phenols is 1. The second kappa shape index (κ2) is 8.72. The first-order valence-electron chi connectivity index (χ1n) is 7.31. The van der Waals surface area contributed by atoms with Crippen molar-refractivity contribution in [1.82, 2.24) is 5.43 Å². The number of halogens is 1. The molecule has 0 bridgehead atoms. The summed E-state index contributed by atoms with van der Waals surface area (Å²) in [6, 6.07) is 8.93. The van der Waals surface area contributed by atoms with Gasteiger partial charge in [0.2, 0.25) is 0 Å². The second-order valence-electron chi connectivity index (χ2n) is 5.03. The van der Waals surface area contributed by atoms with Gasteiger partial charge in [-0.3, -0.25) is 9.59 Å². The number of amides is 2. The summed E-state index contributed by atoms with van der Waals surface area (Å²) in [5, 5.41) is 13.8. The lowest BCUT2D eigenvalue weighted by molar-refractivity contribution is -0.119. The molecule has 0 aromatic heterocycles. The Balaban J connectivity index is 2.06. The quantitative estimate of drug-likeness (QED) is 0.500. The molecule has 0 saturated heterocycles. The minimum atomic E-state index is -0.616. The van der Waals surface area contributed by atoms with E-state index in [0.717, 1.165) is 0 Å². The molecular formula is C17H16ClN3O5. The maximum atomic E-state index is 12.0. The van der Waals surface area contributed by atoms with Crippen LogP contribution in [0.1, 0.15) is 15.9 Å². The minimum Gasteiger partial charge on any atom is -0.507 e. The predicted molar refractivity (Wildman–Crippen MR) is 95.9 cm³/mol. The Hall–Kier alpha value is -3.26. The van der Waals surface area contributed by atoms with Crippen LogP contribution < -0.4 is 20.6 Å². The fourth-order valence-electron chi connectivity index (χ4n) is 1.95. The van der Waals surface area contributed by atoms with Crippen LogP contribution in [0.25, 0.3) is 0 Å². The zero-order chi connectivity index (χ0) is 19.1. The Morgan fingerprint density at radius 1 is 1.27 bits per heavy atom. The SMILES string of the molecule is COc1cc(/C=N/NC(=O)c2cc(Cl)ccc2O)ccc1OCC(N)=O. The average Bonchev–Trinajstić information content (AvgIpc) is 2.62. The van der Waals surface area contributed by atoms with Gasteiger partial charge in [-0.1, -0.05) is 11.6 Å². The van der Waals surface area contributed by atoms with Gasteiger partial charge in [-0.05, 0) is 42.0 Å². The van der Waals surface area contributed by atoms with Crippen LogP contribution in [0.2, 0.25) is 5.02 Å². The number of carbonyl (C=O) groups is 2. The molecule has 136 valence electrons. The number of nitrogens with one attached hydrogen (secondary N) is 1. The van der Waals surface area contributed by atoms with E-state index >= 15 is 0 Å². The highest BCUT2D eigenvalue weighted by Crippen LogP contribution is 2.27. The highest BCUT2D eigenvalue weighted by molar-refractivity contribution is 6.31. The van der Waals surface area contributed by atoms with E-state index < -0.39 is 11.8 Å². The molecule has 0 aliphatic rings. The van der Waals surface area contributed by atoms with E-state index in [1.54, 1.807) is 18.2 Å². The van der Waals surface area contributed by atoms with Crippen LogP contribution in [0, 0.1) is 0 Å². The normalized spacial score (nSPS) is 10.5. The van der Waals surface area contributed by atoms with Crippen molar-refractivity contribution in [3.63, 3.8) is 0 Å². The third-order valence-corrected chi connectivity index (χ3v) is 3.38. The minimum absolute atomic E-state index is 0.00225. The van der Waals surface area contributed by atoms with Crippen LogP contribution in [0.15, 0.2) is 41.5 Å². The van der Waals surface area contributed by atoms with Gasteiger partial charge in [-0.25, -0.2) is 5.43 Å². The van der Waals surface area contributed by atoms with Crippen molar-refractivity contribution in [2.45, 2.75) is 0 Å². The number of phenolic OH excluding ortho intramolecular Hbond substituents is 1. The number of hydrogen-bond donors (Lipinski definition) is 3. The van der Waals surface area contributed by atoms with Gasteiger partial charge in [0, 0.05) is 5.02 Å². The molecular weight excluding hydrogens is 362 g/mol. The van der Waals surface area contributed by atoms with E-state index in [-0.39, 0.29) is 17.9 Å². The Kier molecular flexibility index (Phi) is 6.40. The number of aromatic hydroxyl groups is 1. The summed E-state index contributed by atoms with van der Waals surface area (Å²) >= 11 is 5.80. The van der Waals surface area contributed by atoms with Gasteiger partial charge in [0.05, 0.1) is 18.9 Å². The number of primary amides is 1. The summed E-state index contributed by atoms with van der Waals surface area (Å²) in [4.78, 5) is 22.8. The van der Waals surface area contributed by atoms with Crippen LogP contribution in [-0.4, -0.2) is 36.9 Å². The Morgan fingerprint density at radius 3 is 2.73 bits per heavy atom. The molecule has 8 nitrogen and oxygen atoms in total. The van der Waals surface area contributed by atoms with Gasteiger partial charge in [0.25, 0.3) is 11.8 Å². The summed E-state index contributed by atoms with van der Waals surface area (Å²) in [7, 11) is 1.44. The smallest absolute Gasteiger partial charge is 0.275 e. The number of benzene rings is 2. The van der Waals surface area contributed by atoms with E-state index in [2.05, 4.69) is 10.5 Å². The first-order chi connectivity index (χ1) is 12.4. The third-order valence-electron chi connectivity index (χ3n) is 3.14. The molecule has 0 aliphatic carbocycles. The molecule has 2 aromatic carbocycles. The van der Waals surface area contributed by atoms with Crippen LogP contribution in [-0.2, 0) is 4.79 Å². The Bertz CT molecular complexity index is 854. The molecule has 9 heteroatoms. The van der Waals surface area contributed by atoms with Crippen molar-refractivity contribution in [2.24, 2.45) is 10.8 Å². The standard InChI is InChI=1S/C17H16ClN3O5/c1-25-15-6-10(2-5-14(15)26-9-16(19)23)8-20-21-17(24)12-7-11(18)3-4-13(12)22/h2-8,22H,9H2,1H3,(H2,19,23)(H,21,24)/b20-8+. The average molecular weight is 378 g/mol. The largest absolute Gasteiger partial charge is 0.507 e. The number of rotatable bonds is 7. The summed E-state index contributed by atoms with van der Waals surface area (Å²) in [6.07, 6.45) is 1.37. The van der Waals surface area contributed by atoms with Gasteiger partial charge >= 0.3 is 0 Å². The molecule has 0 saturated carbocycles. The third kappa shape index (κ3) is 5.12.